The summed E-state index contributed by atoms with van der Waals surface area (Å²) in [5, 5.41) is 1.97. The first-order chi connectivity index (χ1) is 11.7. The standard InChI is InChI=1S/C11H15Si.C10H22N.2ClH.Zr/c1-12(2)11-7-9-5-3-4-6-10(9)8-11;1-2-3-4-5-6-7-8-9-10-11;;;/h3-7,9-10H,8H2,1-2H3;11H,2-10H2,1H3;2*1H;/q;-1;;;+3/p-2. The number of hydrogen-bond acceptors (Lipinski definition) is 1. The smallest absolute Gasteiger partial charge is 1.00 e. The van der Waals surface area contributed by atoms with Gasteiger partial charge in [-0.15, -0.1) is 0 Å². The van der Waals surface area contributed by atoms with Crippen LogP contribution >= 0.6 is 0 Å². The van der Waals surface area contributed by atoms with E-state index in [0.29, 0.717) is 0 Å². The number of allylic oxidation sites excluding steroid dienone is 4. The first kappa shape index (κ1) is 27.0. The molecule has 1 saturated carbocycles. The van der Waals surface area contributed by atoms with Gasteiger partial charge in [0.05, 0.1) is 0 Å². The van der Waals surface area contributed by atoms with Gasteiger partial charge in [-0.05, 0) is 0 Å². The molecule has 2 aliphatic rings. The summed E-state index contributed by atoms with van der Waals surface area (Å²) in [6.07, 6.45) is 22.4. The van der Waals surface area contributed by atoms with E-state index < -0.39 is 23.5 Å². The first-order valence-electron chi connectivity index (χ1n) is 10.2. The largest absolute Gasteiger partial charge is 1.00 e. The van der Waals surface area contributed by atoms with Crippen molar-refractivity contribution in [2.24, 2.45) is 11.8 Å². The van der Waals surface area contributed by atoms with E-state index in [1.807, 2.05) is 5.17 Å². The van der Waals surface area contributed by atoms with E-state index in [1.54, 1.807) is 0 Å². The van der Waals surface area contributed by atoms with Crippen LogP contribution in [0.2, 0.25) is 16.7 Å². The third kappa shape index (κ3) is 8.99. The second-order valence-corrected chi connectivity index (χ2v) is 13.5. The van der Waals surface area contributed by atoms with Gasteiger partial charge < -0.3 is 24.8 Å². The van der Waals surface area contributed by atoms with Crippen molar-refractivity contribution in [3.63, 3.8) is 0 Å². The van der Waals surface area contributed by atoms with Crippen LogP contribution in [0.1, 0.15) is 64.7 Å². The van der Waals surface area contributed by atoms with Gasteiger partial charge in [0.15, 0.2) is 0 Å². The van der Waals surface area contributed by atoms with Crippen LogP contribution in [-0.2, 0) is 23.5 Å². The Morgan fingerprint density at radius 1 is 0.962 bits per heavy atom. The third-order valence-electron chi connectivity index (χ3n) is 5.57. The molecule has 2 aliphatic carbocycles. The normalized spacial score (nSPS) is 23.0. The first-order valence-corrected chi connectivity index (χ1v) is 15.4. The maximum Gasteiger partial charge on any atom is -1.00 e. The molecule has 148 valence electrons. The second kappa shape index (κ2) is 15.9. The summed E-state index contributed by atoms with van der Waals surface area (Å²) in [5.41, 5.74) is 0. The van der Waals surface area contributed by atoms with Crippen LogP contribution in [-0.4, -0.2) is 20.1 Å². The topological polar surface area (TPSA) is 12.0 Å². The van der Waals surface area contributed by atoms with E-state index in [9.17, 15) is 0 Å². The summed E-state index contributed by atoms with van der Waals surface area (Å²) < 4.78 is 4.93. The van der Waals surface area contributed by atoms with Gasteiger partial charge in [0, 0.05) is 0 Å². The van der Waals surface area contributed by atoms with Gasteiger partial charge in [0.1, 0.15) is 0 Å². The third-order valence-corrected chi connectivity index (χ3v) is 11.8. The molecule has 0 aromatic heterocycles. The summed E-state index contributed by atoms with van der Waals surface area (Å²) in [5.74, 6) is 1.68. The molecule has 0 radical (unpaired) electrons. The summed E-state index contributed by atoms with van der Waals surface area (Å²) in [6, 6.07) is 0. The fourth-order valence-electron chi connectivity index (χ4n) is 4.07. The Labute approximate surface area is 188 Å². The Morgan fingerprint density at radius 2 is 1.58 bits per heavy atom. The molecule has 0 aromatic rings. The number of fused-ring (bicyclic) bond motifs is 1. The molecule has 0 aliphatic heterocycles. The molecule has 0 heterocycles. The molecule has 0 aromatic carbocycles. The predicted molar refractivity (Wildman–Crippen MR) is 107 cm³/mol. The Balaban J connectivity index is 0.00000312. The fourth-order valence-corrected chi connectivity index (χ4v) is 11.5. The number of rotatable bonds is 11. The van der Waals surface area contributed by atoms with Crippen LogP contribution < -0.4 is 28.1 Å². The van der Waals surface area contributed by atoms with Crippen LogP contribution in [0.5, 0.6) is 0 Å². The van der Waals surface area contributed by atoms with E-state index in [2.05, 4.69) is 47.6 Å². The minimum Gasteiger partial charge on any atom is -1.00 e. The molecule has 3 atom stereocenters. The molecule has 1 nitrogen and oxygen atoms in total. The van der Waals surface area contributed by atoms with Crippen LogP contribution in [0, 0.1) is 11.8 Å². The molecule has 0 bridgehead atoms. The van der Waals surface area contributed by atoms with Gasteiger partial charge in [-0.1, -0.05) is 0 Å². The molecular weight excluding hydrogens is 456 g/mol. The van der Waals surface area contributed by atoms with Crippen molar-refractivity contribution in [3.05, 3.63) is 24.3 Å². The maximum absolute atomic E-state index is 3.96. The van der Waals surface area contributed by atoms with Crippen molar-refractivity contribution < 1.29 is 48.3 Å². The number of unbranched alkanes of at least 4 members (excludes halogenated alkanes) is 7. The van der Waals surface area contributed by atoms with Crippen molar-refractivity contribution in [3.8, 4) is 0 Å². The Hall–Kier alpha value is 0.990. The monoisotopic (exact) mass is 491 g/mol. The SMILES string of the molecule is CCCCCCCCCC[NH][Zr+2][CH]1C(=[Si](C)C)CC2C=CC=CC21.[Cl-].[Cl-]. The number of halogens is 2. The number of nitrogens with one attached hydrogen (secondary N) is 1. The maximum atomic E-state index is 3.96. The molecule has 0 amide bonds. The zero-order valence-corrected chi connectivity index (χ0v) is 21.8. The van der Waals surface area contributed by atoms with Gasteiger partial charge in [0.2, 0.25) is 0 Å². The zero-order chi connectivity index (χ0) is 17.2. The quantitative estimate of drug-likeness (QED) is 0.310. The second-order valence-electron chi connectivity index (χ2n) is 7.76. The van der Waals surface area contributed by atoms with E-state index in [4.69, 9.17) is 0 Å². The van der Waals surface area contributed by atoms with Crippen molar-refractivity contribution in [2.45, 2.75) is 81.4 Å². The van der Waals surface area contributed by atoms with Gasteiger partial charge in [-0.2, -0.15) is 0 Å². The number of hydrogen-bond donors (Lipinski definition) is 1. The minimum atomic E-state index is -0.474. The fraction of sp³-hybridized carbons (Fsp3) is 0.762. The van der Waals surface area contributed by atoms with Crippen LogP contribution in [0.3, 0.4) is 0 Å². The minimum absolute atomic E-state index is 0. The molecular formula is C21H37Cl2NSiZr. The van der Waals surface area contributed by atoms with Crippen molar-refractivity contribution in [2.75, 3.05) is 6.54 Å². The predicted octanol–water partition coefficient (Wildman–Crippen LogP) is -0.219. The Kier molecular flexibility index (Phi) is 16.5. The van der Waals surface area contributed by atoms with Crippen molar-refractivity contribution in [1.82, 2.24) is 3.26 Å². The average molecular weight is 494 g/mol. The van der Waals surface area contributed by atoms with Gasteiger partial charge in [-0.25, -0.2) is 0 Å². The molecule has 2 rings (SSSR count). The molecule has 0 spiro atoms. The molecule has 0 saturated heterocycles. The van der Waals surface area contributed by atoms with E-state index in [-0.39, 0.29) is 33.2 Å². The van der Waals surface area contributed by atoms with Gasteiger partial charge in [0.25, 0.3) is 0 Å². The molecule has 5 heteroatoms. The van der Waals surface area contributed by atoms with Crippen LogP contribution in [0.15, 0.2) is 24.3 Å². The van der Waals surface area contributed by atoms with E-state index in [0.717, 1.165) is 15.5 Å². The Bertz CT molecular complexity index is 461. The van der Waals surface area contributed by atoms with E-state index in [1.165, 1.54) is 64.3 Å². The zero-order valence-electron chi connectivity index (χ0n) is 16.9. The summed E-state index contributed by atoms with van der Waals surface area (Å²) in [7, 11) is -0.228. The molecule has 3 unspecified atom stereocenters. The van der Waals surface area contributed by atoms with Gasteiger partial charge in [-0.3, -0.25) is 0 Å². The summed E-state index contributed by atoms with van der Waals surface area (Å²) >= 11 is -0.474. The van der Waals surface area contributed by atoms with Crippen molar-refractivity contribution >= 4 is 13.6 Å². The van der Waals surface area contributed by atoms with Crippen molar-refractivity contribution in [1.29, 1.82) is 0 Å². The Morgan fingerprint density at radius 3 is 2.23 bits per heavy atom. The van der Waals surface area contributed by atoms with E-state index >= 15 is 0 Å². The van der Waals surface area contributed by atoms with Crippen LogP contribution in [0.4, 0.5) is 0 Å². The molecule has 26 heavy (non-hydrogen) atoms. The summed E-state index contributed by atoms with van der Waals surface area (Å²) in [6.45, 7) is 8.61. The average Bonchev–Trinajstić information content (AvgIpc) is 2.96. The van der Waals surface area contributed by atoms with Gasteiger partial charge >= 0.3 is 164 Å². The molecule has 1 N–H and O–H groups in total. The van der Waals surface area contributed by atoms with Crippen LogP contribution in [0.25, 0.3) is 0 Å². The summed E-state index contributed by atoms with van der Waals surface area (Å²) in [4.78, 5) is 0. The molecule has 1 fully saturated rings.